The fourth-order valence-electron chi connectivity index (χ4n) is 5.18. The molecule has 0 radical (unpaired) electrons. The van der Waals surface area contributed by atoms with E-state index in [1.54, 1.807) is 36.4 Å². The third-order valence-electron chi connectivity index (χ3n) is 7.53. The number of amides is 2. The number of fused-ring (bicyclic) bond motifs is 2. The maximum Gasteiger partial charge on any atom is 0.252 e. The summed E-state index contributed by atoms with van der Waals surface area (Å²) in [6.45, 7) is 0.875. The van der Waals surface area contributed by atoms with Crippen LogP contribution in [0.5, 0.6) is 0 Å². The second-order valence-corrected chi connectivity index (χ2v) is 12.2. The van der Waals surface area contributed by atoms with Crippen molar-refractivity contribution in [2.45, 2.75) is 12.8 Å². The normalized spacial score (nSPS) is 11.1. The van der Waals surface area contributed by atoms with Gasteiger partial charge in [0.1, 0.15) is 0 Å². The van der Waals surface area contributed by atoms with Gasteiger partial charge in [0.2, 0.25) is 0 Å². The minimum Gasteiger partial charge on any atom is -0.352 e. The molecule has 0 saturated carbocycles. The zero-order valence-corrected chi connectivity index (χ0v) is 27.3. The van der Waals surface area contributed by atoms with Crippen molar-refractivity contribution in [1.82, 2.24) is 20.6 Å². The zero-order valence-electron chi connectivity index (χ0n) is 24.3. The summed E-state index contributed by atoms with van der Waals surface area (Å²) in [5.74, 6) is -0.413. The largest absolute Gasteiger partial charge is 0.352 e. The molecule has 0 unspecified atom stereocenters. The van der Waals surface area contributed by atoms with Crippen LogP contribution in [-0.2, 0) is 0 Å². The number of hydrogen-bond acceptors (Lipinski definition) is 4. The minimum absolute atomic E-state index is 0.206. The topological polar surface area (TPSA) is 84.0 Å². The highest BCUT2D eigenvalue weighted by Crippen LogP contribution is 2.31. The minimum atomic E-state index is -0.206. The Balaban J connectivity index is 1.09. The lowest BCUT2D eigenvalue weighted by atomic mass is 10.0. The molecule has 0 saturated heterocycles. The van der Waals surface area contributed by atoms with Crippen molar-refractivity contribution in [3.05, 3.63) is 128 Å². The van der Waals surface area contributed by atoms with Crippen LogP contribution in [0.3, 0.4) is 0 Å². The number of rotatable bonds is 9. The van der Waals surface area contributed by atoms with E-state index < -0.39 is 0 Å². The van der Waals surface area contributed by atoms with E-state index in [4.69, 9.17) is 56.4 Å². The number of pyridine rings is 2. The maximum absolute atomic E-state index is 13.3. The van der Waals surface area contributed by atoms with Crippen molar-refractivity contribution in [3.63, 3.8) is 0 Å². The molecule has 2 aromatic heterocycles. The van der Waals surface area contributed by atoms with Gasteiger partial charge in [-0.3, -0.25) is 9.59 Å². The lowest BCUT2D eigenvalue weighted by Gasteiger charge is -2.12. The van der Waals surface area contributed by atoms with Gasteiger partial charge in [-0.15, -0.1) is 0 Å². The van der Waals surface area contributed by atoms with Gasteiger partial charge < -0.3 is 10.6 Å². The Labute approximate surface area is 285 Å². The number of para-hydroxylation sites is 2. The first-order chi connectivity index (χ1) is 22.3. The van der Waals surface area contributed by atoms with Crippen molar-refractivity contribution in [2.24, 2.45) is 0 Å². The second-order valence-electron chi connectivity index (χ2n) is 10.6. The summed E-state index contributed by atoms with van der Waals surface area (Å²) in [5, 5.41) is 9.25. The van der Waals surface area contributed by atoms with Gasteiger partial charge in [-0.1, -0.05) is 94.9 Å². The van der Waals surface area contributed by atoms with Crippen LogP contribution < -0.4 is 10.6 Å². The van der Waals surface area contributed by atoms with Crippen molar-refractivity contribution < 1.29 is 9.59 Å². The Bertz CT molecular complexity index is 1970. The molecule has 6 aromatic rings. The standard InChI is InChI=1S/C36H26Cl4N4O2/c37-27-13-11-21(17-29(27)39)33-19-25(23-7-1-3-9-31(23)43-33)35(45)41-15-5-6-16-42-36(46)26-20-34(22-12-14-28(38)30(40)18-22)44-32-10-4-2-8-24(26)32/h1-4,7-14,17-20H,5-6,15-16H2,(H,41,45)(H,42,46). The van der Waals surface area contributed by atoms with E-state index in [1.807, 2.05) is 60.7 Å². The predicted octanol–water partition coefficient (Wildman–Crippen LogP) is 9.67. The molecule has 2 N–H and O–H groups in total. The molecule has 10 heteroatoms. The molecule has 0 aliphatic carbocycles. The monoisotopic (exact) mass is 686 g/mol. The van der Waals surface area contributed by atoms with Crippen LogP contribution in [0.25, 0.3) is 44.3 Å². The number of hydrogen-bond donors (Lipinski definition) is 2. The molecule has 4 aromatic carbocycles. The number of carbonyl (C=O) groups excluding carboxylic acids is 2. The molecule has 2 heterocycles. The highest BCUT2D eigenvalue weighted by atomic mass is 35.5. The quantitative estimate of drug-likeness (QED) is 0.148. The maximum atomic E-state index is 13.3. The third-order valence-corrected chi connectivity index (χ3v) is 9.01. The first-order valence-electron chi connectivity index (χ1n) is 14.6. The molecule has 0 atom stereocenters. The summed E-state index contributed by atoms with van der Waals surface area (Å²) < 4.78 is 0. The summed E-state index contributed by atoms with van der Waals surface area (Å²) in [5.41, 5.74) is 5.19. The summed E-state index contributed by atoms with van der Waals surface area (Å²) in [7, 11) is 0. The van der Waals surface area contributed by atoms with E-state index in [1.165, 1.54) is 0 Å². The van der Waals surface area contributed by atoms with Crippen molar-refractivity contribution in [3.8, 4) is 22.5 Å². The molecule has 6 rings (SSSR count). The average Bonchev–Trinajstić information content (AvgIpc) is 3.07. The van der Waals surface area contributed by atoms with E-state index in [-0.39, 0.29) is 11.8 Å². The first-order valence-corrected chi connectivity index (χ1v) is 16.1. The van der Waals surface area contributed by atoms with Gasteiger partial charge in [0.15, 0.2) is 0 Å². The molecule has 0 aliphatic rings. The lowest BCUT2D eigenvalue weighted by Crippen LogP contribution is -2.27. The molecule has 6 nitrogen and oxygen atoms in total. The Morgan fingerprint density at radius 2 is 0.935 bits per heavy atom. The van der Waals surface area contributed by atoms with Crippen molar-refractivity contribution in [1.29, 1.82) is 0 Å². The highest BCUT2D eigenvalue weighted by Gasteiger charge is 2.16. The molecule has 0 aliphatic heterocycles. The number of nitrogens with one attached hydrogen (secondary N) is 2. The number of aromatic nitrogens is 2. The Morgan fingerprint density at radius 1 is 0.522 bits per heavy atom. The van der Waals surface area contributed by atoms with E-state index in [0.717, 1.165) is 21.9 Å². The average molecular weight is 688 g/mol. The van der Waals surface area contributed by atoms with Crippen LogP contribution in [0.2, 0.25) is 20.1 Å². The Morgan fingerprint density at radius 3 is 1.35 bits per heavy atom. The Hall–Kier alpha value is -4.20. The fourth-order valence-corrected chi connectivity index (χ4v) is 5.77. The molecule has 2 amide bonds. The molecule has 0 fully saturated rings. The smallest absolute Gasteiger partial charge is 0.252 e. The van der Waals surface area contributed by atoms with Gasteiger partial charge in [0.25, 0.3) is 11.8 Å². The highest BCUT2D eigenvalue weighted by molar-refractivity contribution is 6.42. The summed E-state index contributed by atoms with van der Waals surface area (Å²) in [6, 6.07) is 29.1. The van der Waals surface area contributed by atoms with Crippen molar-refractivity contribution >= 4 is 80.0 Å². The van der Waals surface area contributed by atoms with E-state index >= 15 is 0 Å². The van der Waals surface area contributed by atoms with Crippen LogP contribution in [-0.4, -0.2) is 34.9 Å². The Kier molecular flexibility index (Phi) is 9.71. The van der Waals surface area contributed by atoms with Crippen LogP contribution in [0.15, 0.2) is 97.1 Å². The SMILES string of the molecule is O=C(NCCCCNC(=O)c1cc(-c2ccc(Cl)c(Cl)c2)nc2ccccc12)c1cc(-c2ccc(Cl)c(Cl)c2)nc2ccccc12. The molecule has 0 bridgehead atoms. The number of benzene rings is 4. The number of carbonyl (C=O) groups is 2. The molecular weight excluding hydrogens is 662 g/mol. The fraction of sp³-hybridized carbons (Fsp3) is 0.111. The van der Waals surface area contributed by atoms with Gasteiger partial charge in [-0.25, -0.2) is 9.97 Å². The van der Waals surface area contributed by atoms with Crippen molar-refractivity contribution in [2.75, 3.05) is 13.1 Å². The van der Waals surface area contributed by atoms with Gasteiger partial charge in [-0.2, -0.15) is 0 Å². The summed E-state index contributed by atoms with van der Waals surface area (Å²) in [4.78, 5) is 36.1. The molecule has 46 heavy (non-hydrogen) atoms. The van der Waals surface area contributed by atoms with E-state index in [9.17, 15) is 9.59 Å². The van der Waals surface area contributed by atoms with Gasteiger partial charge in [0.05, 0.1) is 53.6 Å². The third kappa shape index (κ3) is 6.96. The number of unbranched alkanes of at least 4 members (excludes halogenated alkanes) is 1. The summed E-state index contributed by atoms with van der Waals surface area (Å²) >= 11 is 24.7. The van der Waals surface area contributed by atoms with E-state index in [2.05, 4.69) is 10.6 Å². The van der Waals surface area contributed by atoms with Crippen LogP contribution in [0.1, 0.15) is 33.6 Å². The lowest BCUT2D eigenvalue weighted by molar-refractivity contribution is 0.0941. The van der Waals surface area contributed by atoms with Crippen LogP contribution in [0.4, 0.5) is 0 Å². The molecule has 230 valence electrons. The molecule has 0 spiro atoms. The number of nitrogens with zero attached hydrogens (tertiary/aromatic N) is 2. The van der Waals surface area contributed by atoms with Gasteiger partial charge in [-0.05, 0) is 61.4 Å². The van der Waals surface area contributed by atoms with Gasteiger partial charge >= 0.3 is 0 Å². The summed E-state index contributed by atoms with van der Waals surface area (Å²) in [6.07, 6.45) is 1.33. The zero-order chi connectivity index (χ0) is 32.2. The first kappa shape index (κ1) is 31.8. The second kappa shape index (κ2) is 14.1. The van der Waals surface area contributed by atoms with Gasteiger partial charge in [0, 0.05) is 35.0 Å². The van der Waals surface area contributed by atoms with Crippen LogP contribution >= 0.6 is 46.4 Å². The number of halogens is 4. The predicted molar refractivity (Wildman–Crippen MR) is 188 cm³/mol. The van der Waals surface area contributed by atoms with Crippen LogP contribution in [0, 0.1) is 0 Å². The molecular formula is C36H26Cl4N4O2. The van der Waals surface area contributed by atoms with E-state index in [0.29, 0.717) is 79.6 Å².